The first-order chi connectivity index (χ1) is 9.90. The Balaban J connectivity index is 2.28. The molecule has 0 radical (unpaired) electrons. The average Bonchev–Trinajstić information content (AvgIpc) is 3.14. The van der Waals surface area contributed by atoms with Gasteiger partial charge in [-0.15, -0.1) is 0 Å². The van der Waals surface area contributed by atoms with Gasteiger partial charge in [-0.25, -0.2) is 8.42 Å². The fourth-order valence-electron chi connectivity index (χ4n) is 2.51. The van der Waals surface area contributed by atoms with Crippen LogP contribution in [0.25, 0.3) is 0 Å². The van der Waals surface area contributed by atoms with E-state index in [0.29, 0.717) is 24.0 Å². The highest BCUT2D eigenvalue weighted by Crippen LogP contribution is 2.24. The normalized spacial score (nSPS) is 16.1. The Kier molecular flexibility index (Phi) is 5.11. The van der Waals surface area contributed by atoms with Crippen LogP contribution in [0.5, 0.6) is 0 Å². The van der Waals surface area contributed by atoms with E-state index >= 15 is 0 Å². The van der Waals surface area contributed by atoms with E-state index in [9.17, 15) is 8.42 Å². The summed E-state index contributed by atoms with van der Waals surface area (Å²) in [6.45, 7) is 9.63. The van der Waals surface area contributed by atoms with Crippen molar-refractivity contribution >= 4 is 10.0 Å². The molecular weight excluding hydrogens is 286 g/mol. The van der Waals surface area contributed by atoms with Gasteiger partial charge in [-0.3, -0.25) is 0 Å². The lowest BCUT2D eigenvalue weighted by atomic mass is 10.3. The second-order valence-electron chi connectivity index (χ2n) is 5.91. The molecule has 0 aliphatic heterocycles. The molecule has 0 bridgehead atoms. The summed E-state index contributed by atoms with van der Waals surface area (Å²) in [5, 5.41) is 3.46. The summed E-state index contributed by atoms with van der Waals surface area (Å²) in [6, 6.07) is 2.69. The molecule has 0 aromatic carbocycles. The quantitative estimate of drug-likeness (QED) is 0.801. The number of nitrogens with zero attached hydrogens (tertiary/aromatic N) is 2. The Labute approximate surface area is 128 Å². The summed E-state index contributed by atoms with van der Waals surface area (Å²) >= 11 is 0. The fraction of sp³-hybridized carbons (Fsp3) is 0.733. The molecule has 1 aliphatic rings. The molecule has 1 aliphatic carbocycles. The molecule has 1 N–H and O–H groups in total. The Morgan fingerprint density at radius 2 is 1.95 bits per heavy atom. The minimum Gasteiger partial charge on any atom is -0.346 e. The van der Waals surface area contributed by atoms with Crippen LogP contribution in [0.15, 0.2) is 17.2 Å². The summed E-state index contributed by atoms with van der Waals surface area (Å²) in [5.74, 6) is 0. The van der Waals surface area contributed by atoms with Gasteiger partial charge in [0, 0.05) is 43.6 Å². The number of hydrogen-bond donors (Lipinski definition) is 1. The van der Waals surface area contributed by atoms with E-state index < -0.39 is 10.0 Å². The fourth-order valence-corrected chi connectivity index (χ4v) is 4.02. The molecule has 1 heterocycles. The molecule has 5 nitrogen and oxygen atoms in total. The summed E-state index contributed by atoms with van der Waals surface area (Å²) in [7, 11) is -3.37. The van der Waals surface area contributed by atoms with Crippen LogP contribution >= 0.6 is 0 Å². The van der Waals surface area contributed by atoms with Crippen LogP contribution in [-0.4, -0.2) is 36.4 Å². The summed E-state index contributed by atoms with van der Waals surface area (Å²) < 4.78 is 28.8. The van der Waals surface area contributed by atoms with Gasteiger partial charge in [0.2, 0.25) is 10.0 Å². The number of nitrogens with one attached hydrogen (secondary N) is 1. The summed E-state index contributed by atoms with van der Waals surface area (Å²) in [4.78, 5) is 0.410. The van der Waals surface area contributed by atoms with Crippen molar-refractivity contribution in [2.75, 3.05) is 13.1 Å². The van der Waals surface area contributed by atoms with Crippen LogP contribution in [0.3, 0.4) is 0 Å². The van der Waals surface area contributed by atoms with Crippen LogP contribution in [-0.2, 0) is 16.6 Å². The lowest BCUT2D eigenvalue weighted by Crippen LogP contribution is -2.30. The van der Waals surface area contributed by atoms with Gasteiger partial charge in [0.25, 0.3) is 0 Å². The largest absolute Gasteiger partial charge is 0.346 e. The maximum Gasteiger partial charge on any atom is 0.244 e. The van der Waals surface area contributed by atoms with Crippen molar-refractivity contribution in [2.24, 2.45) is 0 Å². The SMILES string of the molecule is CCN(CC)S(=O)(=O)c1cc(CNC2CC2)n(C(C)C)c1. The minimum atomic E-state index is -3.37. The van der Waals surface area contributed by atoms with Gasteiger partial charge < -0.3 is 9.88 Å². The number of aromatic nitrogens is 1. The first kappa shape index (κ1) is 16.5. The van der Waals surface area contributed by atoms with Crippen LogP contribution in [0.4, 0.5) is 0 Å². The minimum absolute atomic E-state index is 0.252. The van der Waals surface area contributed by atoms with Crippen LogP contribution in [0.1, 0.15) is 52.3 Å². The average molecular weight is 313 g/mol. The van der Waals surface area contributed by atoms with E-state index in [-0.39, 0.29) is 6.04 Å². The molecule has 0 amide bonds. The standard InChI is InChI=1S/C15H27N3O2S/c1-5-17(6-2)21(19,20)15-9-14(10-16-13-7-8-13)18(11-15)12(3)4/h9,11-13,16H,5-8,10H2,1-4H3. The molecule has 0 spiro atoms. The number of rotatable bonds is 8. The van der Waals surface area contributed by atoms with Crippen molar-refractivity contribution in [1.82, 2.24) is 14.2 Å². The molecule has 120 valence electrons. The van der Waals surface area contributed by atoms with Crippen LogP contribution in [0.2, 0.25) is 0 Å². The number of sulfonamides is 1. The maximum absolute atomic E-state index is 12.6. The van der Waals surface area contributed by atoms with Crippen molar-refractivity contribution in [3.05, 3.63) is 18.0 Å². The smallest absolute Gasteiger partial charge is 0.244 e. The third kappa shape index (κ3) is 3.67. The van der Waals surface area contributed by atoms with E-state index in [0.717, 1.165) is 12.2 Å². The molecule has 0 unspecified atom stereocenters. The van der Waals surface area contributed by atoms with Gasteiger partial charge in [-0.05, 0) is 32.8 Å². The summed E-state index contributed by atoms with van der Waals surface area (Å²) in [6.07, 6.45) is 4.24. The Morgan fingerprint density at radius 3 is 2.43 bits per heavy atom. The predicted molar refractivity (Wildman–Crippen MR) is 84.8 cm³/mol. The zero-order valence-electron chi connectivity index (χ0n) is 13.5. The highest BCUT2D eigenvalue weighted by atomic mass is 32.2. The highest BCUT2D eigenvalue weighted by molar-refractivity contribution is 7.89. The highest BCUT2D eigenvalue weighted by Gasteiger charge is 2.26. The first-order valence-corrected chi connectivity index (χ1v) is 9.28. The molecule has 0 atom stereocenters. The van der Waals surface area contributed by atoms with Crippen molar-refractivity contribution in [3.63, 3.8) is 0 Å². The lowest BCUT2D eigenvalue weighted by molar-refractivity contribution is 0.445. The Morgan fingerprint density at radius 1 is 1.33 bits per heavy atom. The second kappa shape index (κ2) is 6.50. The Hall–Kier alpha value is -0.850. The van der Waals surface area contributed by atoms with Crippen molar-refractivity contribution in [2.45, 2.75) is 64.1 Å². The monoisotopic (exact) mass is 313 g/mol. The van der Waals surface area contributed by atoms with Gasteiger partial charge in [0.15, 0.2) is 0 Å². The van der Waals surface area contributed by atoms with E-state index in [1.54, 1.807) is 6.20 Å². The second-order valence-corrected chi connectivity index (χ2v) is 7.85. The molecular formula is C15H27N3O2S. The molecule has 21 heavy (non-hydrogen) atoms. The van der Waals surface area contributed by atoms with E-state index in [4.69, 9.17) is 0 Å². The van der Waals surface area contributed by atoms with E-state index in [1.165, 1.54) is 17.1 Å². The van der Waals surface area contributed by atoms with E-state index in [2.05, 4.69) is 23.7 Å². The van der Waals surface area contributed by atoms with Gasteiger partial charge in [0.05, 0.1) is 0 Å². The van der Waals surface area contributed by atoms with Crippen LogP contribution in [0, 0.1) is 0 Å². The molecule has 1 aromatic rings. The van der Waals surface area contributed by atoms with Gasteiger partial charge in [0.1, 0.15) is 4.90 Å². The Bertz CT molecular complexity index is 570. The molecule has 0 saturated heterocycles. The molecule has 1 fully saturated rings. The third-order valence-corrected chi connectivity index (χ3v) is 5.97. The predicted octanol–water partition coefficient (Wildman–Crippen LogP) is 2.35. The topological polar surface area (TPSA) is 54.3 Å². The lowest BCUT2D eigenvalue weighted by Gasteiger charge is -2.17. The van der Waals surface area contributed by atoms with Crippen molar-refractivity contribution < 1.29 is 8.42 Å². The molecule has 1 saturated carbocycles. The maximum atomic E-state index is 12.6. The van der Waals surface area contributed by atoms with Crippen molar-refractivity contribution in [3.8, 4) is 0 Å². The van der Waals surface area contributed by atoms with Crippen molar-refractivity contribution in [1.29, 1.82) is 0 Å². The summed E-state index contributed by atoms with van der Waals surface area (Å²) in [5.41, 5.74) is 1.04. The molecule has 6 heteroatoms. The molecule has 1 aromatic heterocycles. The van der Waals surface area contributed by atoms with Gasteiger partial charge >= 0.3 is 0 Å². The van der Waals surface area contributed by atoms with Crippen LogP contribution < -0.4 is 5.32 Å². The van der Waals surface area contributed by atoms with E-state index in [1.807, 2.05) is 19.9 Å². The molecule has 2 rings (SSSR count). The zero-order valence-corrected chi connectivity index (χ0v) is 14.3. The van der Waals surface area contributed by atoms with Gasteiger partial charge in [-0.2, -0.15) is 4.31 Å². The van der Waals surface area contributed by atoms with Gasteiger partial charge in [-0.1, -0.05) is 13.8 Å². The first-order valence-electron chi connectivity index (χ1n) is 7.84. The third-order valence-electron chi connectivity index (χ3n) is 3.96. The number of hydrogen-bond acceptors (Lipinski definition) is 3. The zero-order chi connectivity index (χ0) is 15.6.